The largest absolute Gasteiger partial charge is 0.497 e. The molecule has 0 radical (unpaired) electrons. The van der Waals surface area contributed by atoms with Crippen molar-refractivity contribution < 1.29 is 9.47 Å². The predicted octanol–water partition coefficient (Wildman–Crippen LogP) is 3.43. The van der Waals surface area contributed by atoms with Crippen LogP contribution in [0.2, 0.25) is 0 Å². The normalized spacial score (nSPS) is 13.0. The Morgan fingerprint density at radius 1 is 1.12 bits per heavy atom. The van der Waals surface area contributed by atoms with E-state index < -0.39 is 0 Å². The summed E-state index contributed by atoms with van der Waals surface area (Å²) in [5.74, 6) is 1.66. The van der Waals surface area contributed by atoms with Gasteiger partial charge in [0.1, 0.15) is 5.75 Å². The summed E-state index contributed by atoms with van der Waals surface area (Å²) in [5, 5.41) is 6.63. The van der Waals surface area contributed by atoms with E-state index in [2.05, 4.69) is 43.3 Å². The number of hydrogen-bond donors (Lipinski definition) is 2. The van der Waals surface area contributed by atoms with Gasteiger partial charge in [-0.2, -0.15) is 0 Å². The third-order valence-corrected chi connectivity index (χ3v) is 3.63. The third-order valence-electron chi connectivity index (χ3n) is 3.63. The second-order valence-electron chi connectivity index (χ2n) is 6.51. The molecule has 1 rings (SSSR count). The van der Waals surface area contributed by atoms with E-state index in [-0.39, 0.29) is 35.5 Å². The highest BCUT2D eigenvalue weighted by Gasteiger charge is 2.24. The molecule has 0 spiro atoms. The van der Waals surface area contributed by atoms with Gasteiger partial charge in [0.05, 0.1) is 19.8 Å². The number of methoxy groups -OCH3 is 2. The van der Waals surface area contributed by atoms with Gasteiger partial charge >= 0.3 is 0 Å². The zero-order valence-electron chi connectivity index (χ0n) is 15.7. The first kappa shape index (κ1) is 23.0. The number of nitrogens with one attached hydrogen (secondary N) is 2. The topological polar surface area (TPSA) is 54.9 Å². The van der Waals surface area contributed by atoms with Crippen molar-refractivity contribution in [3.8, 4) is 5.75 Å². The molecule has 5 nitrogen and oxygen atoms in total. The second kappa shape index (κ2) is 11.5. The molecule has 0 heterocycles. The van der Waals surface area contributed by atoms with Gasteiger partial charge in [-0.3, -0.25) is 0 Å². The molecular formula is C18H32IN3O2. The minimum absolute atomic E-state index is 0. The number of aliphatic imine (C=N–C) groups is 1. The molecule has 0 amide bonds. The van der Waals surface area contributed by atoms with Gasteiger partial charge in [0.15, 0.2) is 5.96 Å². The molecule has 0 aliphatic rings. The summed E-state index contributed by atoms with van der Waals surface area (Å²) in [4.78, 5) is 4.63. The Kier molecular flexibility index (Phi) is 11.0. The van der Waals surface area contributed by atoms with Crippen LogP contribution in [0.3, 0.4) is 0 Å². The van der Waals surface area contributed by atoms with E-state index in [0.717, 1.165) is 23.8 Å². The van der Waals surface area contributed by atoms with Crippen LogP contribution in [0.15, 0.2) is 29.3 Å². The molecule has 1 atom stereocenters. The minimum atomic E-state index is 0. The quantitative estimate of drug-likeness (QED) is 0.381. The van der Waals surface area contributed by atoms with Crippen LogP contribution < -0.4 is 15.4 Å². The van der Waals surface area contributed by atoms with Gasteiger partial charge in [-0.15, -0.1) is 24.0 Å². The zero-order valence-corrected chi connectivity index (χ0v) is 18.0. The second-order valence-corrected chi connectivity index (χ2v) is 6.51. The summed E-state index contributed by atoms with van der Waals surface area (Å²) in [6.45, 7) is 10.7. The summed E-state index contributed by atoms with van der Waals surface area (Å²) in [6, 6.07) is 7.95. The van der Waals surface area contributed by atoms with Crippen molar-refractivity contribution in [1.82, 2.24) is 10.6 Å². The minimum Gasteiger partial charge on any atom is -0.497 e. The molecule has 1 aromatic carbocycles. The molecule has 24 heavy (non-hydrogen) atoms. The molecule has 0 bridgehead atoms. The van der Waals surface area contributed by atoms with Crippen LogP contribution >= 0.6 is 24.0 Å². The highest BCUT2D eigenvalue weighted by Crippen LogP contribution is 2.20. The highest BCUT2D eigenvalue weighted by atomic mass is 127. The molecule has 2 N–H and O–H groups in total. The van der Waals surface area contributed by atoms with Crippen LogP contribution in [0.4, 0.5) is 0 Å². The number of hydrogen-bond acceptors (Lipinski definition) is 3. The molecule has 0 aromatic heterocycles. The fourth-order valence-corrected chi connectivity index (χ4v) is 2.18. The Balaban J connectivity index is 0.00000529. The van der Waals surface area contributed by atoms with Crippen molar-refractivity contribution >= 4 is 29.9 Å². The average molecular weight is 449 g/mol. The molecule has 0 aliphatic heterocycles. The van der Waals surface area contributed by atoms with E-state index in [9.17, 15) is 0 Å². The van der Waals surface area contributed by atoms with Gasteiger partial charge in [-0.1, -0.05) is 32.9 Å². The first-order chi connectivity index (χ1) is 10.9. The molecular weight excluding hydrogens is 417 g/mol. The number of benzene rings is 1. The number of nitrogens with zero attached hydrogens (tertiary/aromatic N) is 1. The Morgan fingerprint density at radius 3 is 2.21 bits per heavy atom. The summed E-state index contributed by atoms with van der Waals surface area (Å²) in [7, 11) is 3.42. The van der Waals surface area contributed by atoms with E-state index >= 15 is 0 Å². The van der Waals surface area contributed by atoms with E-state index in [1.807, 2.05) is 24.3 Å². The molecule has 0 saturated heterocycles. The van der Waals surface area contributed by atoms with Gasteiger partial charge in [0.25, 0.3) is 0 Å². The standard InChI is InChI=1S/C18H31N3O2.HI/c1-7-19-17(21-13-16(23-6)18(2,3)4)20-12-14-8-10-15(22-5)11-9-14;/h8-11,16H,7,12-13H2,1-6H3,(H2,19,20,21);1H. The SMILES string of the molecule is CCNC(=NCc1ccc(OC)cc1)NCC(OC)C(C)(C)C.I. The van der Waals surface area contributed by atoms with Crippen LogP contribution in [0.25, 0.3) is 0 Å². The van der Waals surface area contributed by atoms with E-state index in [0.29, 0.717) is 13.1 Å². The third kappa shape index (κ3) is 8.19. The maximum atomic E-state index is 5.57. The lowest BCUT2D eigenvalue weighted by molar-refractivity contribution is 0.0205. The molecule has 1 aromatic rings. The van der Waals surface area contributed by atoms with Crippen molar-refractivity contribution in [2.45, 2.75) is 40.3 Å². The van der Waals surface area contributed by atoms with Crippen molar-refractivity contribution in [2.24, 2.45) is 10.4 Å². The van der Waals surface area contributed by atoms with E-state index in [1.165, 1.54) is 0 Å². The number of rotatable bonds is 7. The maximum absolute atomic E-state index is 5.57. The fourth-order valence-electron chi connectivity index (χ4n) is 2.18. The Hall–Kier alpha value is -1.02. The Labute approximate surface area is 163 Å². The maximum Gasteiger partial charge on any atom is 0.191 e. The Morgan fingerprint density at radius 2 is 1.75 bits per heavy atom. The lowest BCUT2D eigenvalue weighted by Gasteiger charge is -2.30. The molecule has 0 aliphatic carbocycles. The first-order valence-corrected chi connectivity index (χ1v) is 8.08. The van der Waals surface area contributed by atoms with Crippen molar-refractivity contribution in [2.75, 3.05) is 27.3 Å². The lowest BCUT2D eigenvalue weighted by Crippen LogP contribution is -2.45. The molecule has 0 fully saturated rings. The molecule has 6 heteroatoms. The zero-order chi connectivity index (χ0) is 17.3. The van der Waals surface area contributed by atoms with Crippen LogP contribution in [0.5, 0.6) is 5.75 Å². The summed E-state index contributed by atoms with van der Waals surface area (Å²) in [6.07, 6.45) is 0.118. The number of ether oxygens (including phenoxy) is 2. The van der Waals surface area contributed by atoms with Gasteiger partial charge in [-0.05, 0) is 30.0 Å². The van der Waals surface area contributed by atoms with Gasteiger partial charge < -0.3 is 20.1 Å². The highest BCUT2D eigenvalue weighted by molar-refractivity contribution is 14.0. The number of guanidine groups is 1. The van der Waals surface area contributed by atoms with Crippen molar-refractivity contribution in [3.05, 3.63) is 29.8 Å². The summed E-state index contributed by atoms with van der Waals surface area (Å²) < 4.78 is 10.7. The predicted molar refractivity (Wildman–Crippen MR) is 111 cm³/mol. The van der Waals surface area contributed by atoms with Gasteiger partial charge in [-0.25, -0.2) is 4.99 Å². The van der Waals surface area contributed by atoms with Gasteiger partial charge in [0, 0.05) is 20.2 Å². The molecule has 0 saturated carbocycles. The first-order valence-electron chi connectivity index (χ1n) is 8.08. The lowest BCUT2D eigenvalue weighted by atomic mass is 9.89. The van der Waals surface area contributed by atoms with Gasteiger partial charge in [0.2, 0.25) is 0 Å². The van der Waals surface area contributed by atoms with E-state index in [1.54, 1.807) is 14.2 Å². The molecule has 138 valence electrons. The van der Waals surface area contributed by atoms with Crippen LogP contribution in [0.1, 0.15) is 33.3 Å². The van der Waals surface area contributed by atoms with Crippen molar-refractivity contribution in [3.63, 3.8) is 0 Å². The monoisotopic (exact) mass is 449 g/mol. The summed E-state index contributed by atoms with van der Waals surface area (Å²) in [5.41, 5.74) is 1.22. The molecule has 1 unspecified atom stereocenters. The average Bonchev–Trinajstić information content (AvgIpc) is 2.52. The smallest absolute Gasteiger partial charge is 0.191 e. The Bertz CT molecular complexity index is 484. The van der Waals surface area contributed by atoms with Crippen molar-refractivity contribution in [1.29, 1.82) is 0 Å². The fraction of sp³-hybridized carbons (Fsp3) is 0.611. The number of halogens is 1. The van der Waals surface area contributed by atoms with Crippen LogP contribution in [-0.2, 0) is 11.3 Å². The summed E-state index contributed by atoms with van der Waals surface area (Å²) >= 11 is 0. The van der Waals surface area contributed by atoms with Crippen LogP contribution in [-0.4, -0.2) is 39.4 Å². The van der Waals surface area contributed by atoms with Crippen LogP contribution in [0, 0.1) is 5.41 Å². The van der Waals surface area contributed by atoms with E-state index in [4.69, 9.17) is 9.47 Å².